The summed E-state index contributed by atoms with van der Waals surface area (Å²) < 4.78 is 0. The van der Waals surface area contributed by atoms with E-state index in [9.17, 15) is 0 Å². The molecule has 7 aromatic carbocycles. The van der Waals surface area contributed by atoms with Crippen molar-refractivity contribution < 1.29 is 0 Å². The maximum atomic E-state index is 2.53. The van der Waals surface area contributed by atoms with Crippen molar-refractivity contribution in [3.8, 4) is 11.1 Å². The molecule has 0 radical (unpaired) electrons. The molecule has 0 heterocycles. The van der Waals surface area contributed by atoms with Crippen molar-refractivity contribution in [3.05, 3.63) is 167 Å². The monoisotopic (exact) mass is 643 g/mol. The van der Waals surface area contributed by atoms with Crippen LogP contribution in [0.15, 0.2) is 145 Å². The second-order valence-electron chi connectivity index (χ2n) is 15.8. The molecule has 7 aromatic rings. The Morgan fingerprint density at radius 3 is 2.08 bits per heavy atom. The minimum absolute atomic E-state index is 0.0543. The Morgan fingerprint density at radius 2 is 1.22 bits per heavy atom. The van der Waals surface area contributed by atoms with Crippen LogP contribution in [-0.2, 0) is 10.8 Å². The highest BCUT2D eigenvalue weighted by atomic mass is 15.1. The number of hydrogen-bond donors (Lipinski definition) is 0. The van der Waals surface area contributed by atoms with E-state index in [1.807, 2.05) is 0 Å². The van der Waals surface area contributed by atoms with Crippen LogP contribution in [0.3, 0.4) is 0 Å². The highest BCUT2D eigenvalue weighted by Gasteiger charge is 2.40. The summed E-state index contributed by atoms with van der Waals surface area (Å²) in [4.78, 5) is 2.53. The standard InChI is InChI=1S/C49H41N/c1-30-17-26-43-41(27-30)39-25-21-34(29-45(39)49(43,4)5)50(46-16-10-15-44-47(46)40-13-8-9-14-42(40)48(44,2)3)33-20-24-36-32(28-33)19-23-37-35-12-7-6-11-31(35)18-22-38(36)37/h6-26,28-30H,27H2,1-5H3. The lowest BCUT2D eigenvalue weighted by Crippen LogP contribution is -2.18. The van der Waals surface area contributed by atoms with Crippen molar-refractivity contribution in [1.82, 2.24) is 0 Å². The molecule has 0 fully saturated rings. The first kappa shape index (κ1) is 29.5. The van der Waals surface area contributed by atoms with Gasteiger partial charge < -0.3 is 4.90 Å². The molecule has 242 valence electrons. The van der Waals surface area contributed by atoms with Crippen LogP contribution in [0.4, 0.5) is 17.1 Å². The van der Waals surface area contributed by atoms with Gasteiger partial charge in [-0.2, -0.15) is 0 Å². The number of nitrogens with zero attached hydrogens (tertiary/aromatic N) is 1. The normalized spacial score (nSPS) is 18.0. The van der Waals surface area contributed by atoms with Gasteiger partial charge in [-0.25, -0.2) is 0 Å². The van der Waals surface area contributed by atoms with Gasteiger partial charge in [0.15, 0.2) is 0 Å². The van der Waals surface area contributed by atoms with E-state index >= 15 is 0 Å². The Kier molecular flexibility index (Phi) is 6.09. The van der Waals surface area contributed by atoms with Crippen molar-refractivity contribution in [2.45, 2.75) is 51.9 Å². The first-order valence-electron chi connectivity index (χ1n) is 18.2. The summed E-state index contributed by atoms with van der Waals surface area (Å²) in [5.74, 6) is 0.564. The fourth-order valence-corrected chi connectivity index (χ4v) is 9.60. The van der Waals surface area contributed by atoms with Crippen molar-refractivity contribution >= 4 is 55.0 Å². The van der Waals surface area contributed by atoms with Crippen LogP contribution >= 0.6 is 0 Å². The molecule has 0 spiro atoms. The maximum Gasteiger partial charge on any atom is 0.0543 e. The average Bonchev–Trinajstić information content (AvgIpc) is 3.50. The number of hydrogen-bond acceptors (Lipinski definition) is 1. The van der Waals surface area contributed by atoms with E-state index in [1.54, 1.807) is 0 Å². The summed E-state index contributed by atoms with van der Waals surface area (Å²) in [7, 11) is 0. The molecule has 3 aliphatic rings. The molecular formula is C49H41N. The van der Waals surface area contributed by atoms with E-state index in [-0.39, 0.29) is 10.8 Å². The Labute approximate surface area is 295 Å². The lowest BCUT2D eigenvalue weighted by atomic mass is 9.79. The lowest BCUT2D eigenvalue weighted by molar-refractivity contribution is 0.643. The van der Waals surface area contributed by atoms with Gasteiger partial charge in [-0.05, 0) is 114 Å². The van der Waals surface area contributed by atoms with Crippen molar-refractivity contribution in [1.29, 1.82) is 0 Å². The summed E-state index contributed by atoms with van der Waals surface area (Å²) >= 11 is 0. The number of allylic oxidation sites excluding steroid dienone is 4. The molecule has 1 nitrogen and oxygen atoms in total. The van der Waals surface area contributed by atoms with Gasteiger partial charge in [0, 0.05) is 27.8 Å². The van der Waals surface area contributed by atoms with Crippen LogP contribution in [0.25, 0.3) is 49.0 Å². The van der Waals surface area contributed by atoms with Gasteiger partial charge in [-0.1, -0.05) is 144 Å². The molecule has 1 atom stereocenters. The topological polar surface area (TPSA) is 3.24 Å². The Bertz CT molecular complexity index is 2650. The molecular weight excluding hydrogens is 603 g/mol. The van der Waals surface area contributed by atoms with Crippen LogP contribution in [0.5, 0.6) is 0 Å². The van der Waals surface area contributed by atoms with E-state index in [0.29, 0.717) is 5.92 Å². The number of fused-ring (bicyclic) bond motifs is 10. The molecule has 0 aliphatic heterocycles. The van der Waals surface area contributed by atoms with Gasteiger partial charge in [-0.3, -0.25) is 0 Å². The SMILES string of the molecule is CC1C=CC2=C(C1)c1ccc(N(c3ccc4c(ccc5c6ccccc6ccc45)c3)c3cccc4c3-c3ccccc3C4(C)C)cc1C2(C)C. The number of anilines is 3. The lowest BCUT2D eigenvalue weighted by Gasteiger charge is -2.31. The third-order valence-electron chi connectivity index (χ3n) is 12.2. The Morgan fingerprint density at radius 1 is 0.540 bits per heavy atom. The van der Waals surface area contributed by atoms with Crippen LogP contribution in [0.2, 0.25) is 0 Å². The highest BCUT2D eigenvalue weighted by molar-refractivity contribution is 6.17. The van der Waals surface area contributed by atoms with E-state index in [0.717, 1.165) is 6.42 Å². The molecule has 1 unspecified atom stereocenters. The zero-order valence-electron chi connectivity index (χ0n) is 29.5. The largest absolute Gasteiger partial charge is 0.310 e. The second kappa shape index (κ2) is 10.3. The van der Waals surface area contributed by atoms with Crippen molar-refractivity contribution in [3.63, 3.8) is 0 Å². The molecule has 0 bridgehead atoms. The summed E-state index contributed by atoms with van der Waals surface area (Å²) in [5.41, 5.74) is 14.8. The molecule has 0 saturated carbocycles. The van der Waals surface area contributed by atoms with Crippen molar-refractivity contribution in [2.24, 2.45) is 5.92 Å². The summed E-state index contributed by atoms with van der Waals surface area (Å²) in [6.07, 6.45) is 5.91. The van der Waals surface area contributed by atoms with Gasteiger partial charge in [0.25, 0.3) is 0 Å². The van der Waals surface area contributed by atoms with Gasteiger partial charge >= 0.3 is 0 Å². The van der Waals surface area contributed by atoms with Crippen molar-refractivity contribution in [2.75, 3.05) is 4.90 Å². The summed E-state index contributed by atoms with van der Waals surface area (Å²) in [6, 6.07) is 48.2. The highest BCUT2D eigenvalue weighted by Crippen LogP contribution is 2.56. The molecule has 0 amide bonds. The number of benzene rings is 7. The Balaban J connectivity index is 1.21. The Hall–Kier alpha value is -5.40. The van der Waals surface area contributed by atoms with E-state index in [2.05, 4.69) is 179 Å². The average molecular weight is 644 g/mol. The fraction of sp³-hybridized carbons (Fsp3) is 0.184. The van der Waals surface area contributed by atoms with Gasteiger partial charge in [-0.15, -0.1) is 0 Å². The maximum absolute atomic E-state index is 2.53. The second-order valence-corrected chi connectivity index (χ2v) is 15.8. The van der Waals surface area contributed by atoms with E-state index < -0.39 is 0 Å². The van der Waals surface area contributed by atoms with Crippen LogP contribution < -0.4 is 4.90 Å². The van der Waals surface area contributed by atoms with E-state index in [4.69, 9.17) is 0 Å². The third kappa shape index (κ3) is 4.01. The predicted molar refractivity (Wildman–Crippen MR) is 214 cm³/mol. The van der Waals surface area contributed by atoms with E-state index in [1.165, 1.54) is 93.9 Å². The minimum Gasteiger partial charge on any atom is -0.310 e. The van der Waals surface area contributed by atoms with Gasteiger partial charge in [0.05, 0.1) is 5.69 Å². The molecule has 1 heteroatoms. The summed E-state index contributed by atoms with van der Waals surface area (Å²) in [6.45, 7) is 11.9. The zero-order chi connectivity index (χ0) is 33.9. The molecule has 3 aliphatic carbocycles. The molecule has 0 saturated heterocycles. The smallest absolute Gasteiger partial charge is 0.0543 e. The molecule has 50 heavy (non-hydrogen) atoms. The third-order valence-corrected chi connectivity index (χ3v) is 12.2. The van der Waals surface area contributed by atoms with Gasteiger partial charge in [0.2, 0.25) is 0 Å². The minimum atomic E-state index is -0.0788. The quantitative estimate of drug-likeness (QED) is 0.173. The molecule has 0 N–H and O–H groups in total. The number of rotatable bonds is 3. The molecule has 0 aromatic heterocycles. The fourth-order valence-electron chi connectivity index (χ4n) is 9.60. The molecule has 10 rings (SSSR count). The first-order chi connectivity index (χ1) is 24.2. The van der Waals surface area contributed by atoms with Gasteiger partial charge in [0.1, 0.15) is 0 Å². The van der Waals surface area contributed by atoms with Crippen LogP contribution in [0, 0.1) is 5.92 Å². The predicted octanol–water partition coefficient (Wildman–Crippen LogP) is 13.6. The van der Waals surface area contributed by atoms with Crippen LogP contribution in [0.1, 0.15) is 63.3 Å². The van der Waals surface area contributed by atoms with Crippen LogP contribution in [-0.4, -0.2) is 0 Å². The summed E-state index contributed by atoms with van der Waals surface area (Å²) in [5, 5.41) is 7.73. The first-order valence-corrected chi connectivity index (χ1v) is 18.2. The zero-order valence-corrected chi connectivity index (χ0v) is 29.5.